The normalized spacial score (nSPS) is 12.2. The zero-order valence-corrected chi connectivity index (χ0v) is 19.7. The van der Waals surface area contributed by atoms with Gasteiger partial charge in [0.25, 0.3) is 0 Å². The van der Waals surface area contributed by atoms with E-state index in [1.807, 2.05) is 13.8 Å². The third-order valence-electron chi connectivity index (χ3n) is 4.03. The first-order valence-electron chi connectivity index (χ1n) is 9.86. The number of amides is 1. The molecule has 0 bridgehead atoms. The second-order valence-electron chi connectivity index (χ2n) is 7.05. The van der Waals surface area contributed by atoms with Crippen LogP contribution in [0.15, 0.2) is 17.6 Å². The van der Waals surface area contributed by atoms with E-state index in [0.717, 1.165) is 51.4 Å². The molecule has 0 radical (unpaired) electrons. The van der Waals surface area contributed by atoms with Crippen LogP contribution in [0.2, 0.25) is 0 Å². The second-order valence-corrected chi connectivity index (χ2v) is 7.05. The SMILES string of the molecule is C=CC([O-])=NCCCCCCCCCCOC(=O)N[C@@H](CC(C)C)C(=O)O.[Na+]. The van der Waals surface area contributed by atoms with E-state index in [-0.39, 0.29) is 41.4 Å². The Labute approximate surface area is 191 Å². The van der Waals surface area contributed by atoms with Gasteiger partial charge in [-0.2, -0.15) is 0 Å². The fourth-order valence-electron chi connectivity index (χ4n) is 2.57. The first-order valence-corrected chi connectivity index (χ1v) is 9.86. The van der Waals surface area contributed by atoms with E-state index in [1.165, 1.54) is 6.08 Å². The van der Waals surface area contributed by atoms with E-state index in [4.69, 9.17) is 9.84 Å². The summed E-state index contributed by atoms with van der Waals surface area (Å²) in [6, 6.07) is -0.903. The van der Waals surface area contributed by atoms with Crippen molar-refractivity contribution in [2.45, 2.75) is 77.7 Å². The molecule has 28 heavy (non-hydrogen) atoms. The van der Waals surface area contributed by atoms with Gasteiger partial charge in [-0.25, -0.2) is 9.59 Å². The Hall–Kier alpha value is -1.05. The van der Waals surface area contributed by atoms with Gasteiger partial charge in [0, 0.05) is 6.54 Å². The fourth-order valence-corrected chi connectivity index (χ4v) is 2.57. The predicted molar refractivity (Wildman–Crippen MR) is 105 cm³/mol. The summed E-state index contributed by atoms with van der Waals surface area (Å²) in [5.41, 5.74) is 0. The Kier molecular flexibility index (Phi) is 20.1. The zero-order chi connectivity index (χ0) is 20.5. The molecule has 0 spiro atoms. The quantitative estimate of drug-likeness (QED) is 0.166. The zero-order valence-electron chi connectivity index (χ0n) is 17.7. The minimum atomic E-state index is -1.04. The van der Waals surface area contributed by atoms with Crippen LogP contribution in [0.25, 0.3) is 0 Å². The van der Waals surface area contributed by atoms with Crippen molar-refractivity contribution in [3.63, 3.8) is 0 Å². The van der Waals surface area contributed by atoms with Gasteiger partial charge >= 0.3 is 41.6 Å². The fraction of sp³-hybridized carbons (Fsp3) is 0.750. The molecule has 8 heteroatoms. The first-order chi connectivity index (χ1) is 12.9. The van der Waals surface area contributed by atoms with Crippen molar-refractivity contribution in [2.24, 2.45) is 10.9 Å². The van der Waals surface area contributed by atoms with Gasteiger partial charge in [0.05, 0.1) is 6.61 Å². The van der Waals surface area contributed by atoms with Gasteiger partial charge < -0.3 is 25.3 Å². The van der Waals surface area contributed by atoms with E-state index in [0.29, 0.717) is 19.6 Å². The standard InChI is InChI=1S/C20H36N2O5.Na/c1-4-18(23)21-13-11-9-7-5-6-8-10-12-14-27-20(26)22-17(19(24)25)15-16(2)3;/h4,16-17H,1,5-15H2,2-3H3,(H,21,23)(H,22,26)(H,24,25);/q;+1/p-1/t17-;/m0./s1. The smallest absolute Gasteiger partial charge is 0.859 e. The molecule has 0 saturated heterocycles. The van der Waals surface area contributed by atoms with Crippen LogP contribution < -0.4 is 40.0 Å². The van der Waals surface area contributed by atoms with Crippen molar-refractivity contribution >= 4 is 18.0 Å². The Morgan fingerprint density at radius 2 is 1.64 bits per heavy atom. The van der Waals surface area contributed by atoms with Crippen LogP contribution in [0, 0.1) is 5.92 Å². The van der Waals surface area contributed by atoms with Crippen LogP contribution in [0.5, 0.6) is 0 Å². The Morgan fingerprint density at radius 1 is 1.11 bits per heavy atom. The molecule has 0 heterocycles. The van der Waals surface area contributed by atoms with Crippen LogP contribution in [0.1, 0.15) is 71.6 Å². The molecule has 0 rings (SSSR count). The maximum atomic E-state index is 11.6. The maximum Gasteiger partial charge on any atom is 1.00 e. The number of carbonyl (C=O) groups excluding carboxylic acids is 1. The molecule has 0 aliphatic heterocycles. The number of nitrogens with one attached hydrogen (secondary N) is 1. The van der Waals surface area contributed by atoms with Crippen molar-refractivity contribution in [2.75, 3.05) is 13.2 Å². The third-order valence-corrected chi connectivity index (χ3v) is 4.03. The van der Waals surface area contributed by atoms with Crippen LogP contribution in [-0.2, 0) is 9.53 Å². The largest absolute Gasteiger partial charge is 1.00 e. The van der Waals surface area contributed by atoms with Gasteiger partial charge in [-0.3, -0.25) is 0 Å². The molecule has 0 unspecified atom stereocenters. The molecule has 156 valence electrons. The number of nitrogens with zero attached hydrogens (tertiary/aromatic N) is 1. The first kappa shape index (κ1) is 29.2. The van der Waals surface area contributed by atoms with Crippen molar-refractivity contribution in [3.05, 3.63) is 12.7 Å². The number of carboxylic acid groups (broad SMARTS) is 1. The molecule has 0 aliphatic carbocycles. The van der Waals surface area contributed by atoms with Crippen LogP contribution >= 0.6 is 0 Å². The number of hydrogen-bond donors (Lipinski definition) is 2. The minimum Gasteiger partial charge on any atom is -0.859 e. The van der Waals surface area contributed by atoms with E-state index in [1.54, 1.807) is 0 Å². The van der Waals surface area contributed by atoms with E-state index < -0.39 is 18.1 Å². The number of rotatable bonds is 16. The molecular formula is C20H35N2NaO5. The molecule has 1 atom stereocenters. The van der Waals surface area contributed by atoms with Crippen molar-refractivity contribution in [1.29, 1.82) is 0 Å². The Balaban J connectivity index is 0. The number of unbranched alkanes of at least 4 members (excludes halogenated alkanes) is 7. The molecule has 0 fully saturated rings. The van der Waals surface area contributed by atoms with Gasteiger partial charge in [0.2, 0.25) is 0 Å². The third kappa shape index (κ3) is 18.3. The topological polar surface area (TPSA) is 111 Å². The van der Waals surface area contributed by atoms with Gasteiger partial charge in [-0.05, 0) is 31.1 Å². The van der Waals surface area contributed by atoms with Gasteiger partial charge in [-0.15, -0.1) is 0 Å². The maximum absolute atomic E-state index is 11.6. The number of carboxylic acids is 1. The number of ether oxygens (including phenoxy) is 1. The molecule has 2 N–H and O–H groups in total. The van der Waals surface area contributed by atoms with E-state index in [9.17, 15) is 14.7 Å². The van der Waals surface area contributed by atoms with E-state index in [2.05, 4.69) is 16.9 Å². The van der Waals surface area contributed by atoms with Gasteiger partial charge in [-0.1, -0.05) is 65.0 Å². The summed E-state index contributed by atoms with van der Waals surface area (Å²) in [5.74, 6) is -1.11. The van der Waals surface area contributed by atoms with Gasteiger partial charge in [0.15, 0.2) is 0 Å². The van der Waals surface area contributed by atoms with Crippen LogP contribution in [-0.4, -0.2) is 42.3 Å². The molecule has 0 aromatic rings. The van der Waals surface area contributed by atoms with E-state index >= 15 is 0 Å². The number of alkyl carbamates (subject to hydrolysis) is 1. The Morgan fingerprint density at radius 3 is 2.14 bits per heavy atom. The summed E-state index contributed by atoms with van der Waals surface area (Å²) in [5, 5.41) is 22.4. The van der Waals surface area contributed by atoms with Gasteiger partial charge in [0.1, 0.15) is 6.04 Å². The minimum absolute atomic E-state index is 0. The molecule has 7 nitrogen and oxygen atoms in total. The number of hydrogen-bond acceptors (Lipinski definition) is 5. The van der Waals surface area contributed by atoms with Crippen molar-refractivity contribution in [1.82, 2.24) is 5.32 Å². The summed E-state index contributed by atoms with van der Waals surface area (Å²) < 4.78 is 5.05. The molecule has 0 aromatic carbocycles. The summed E-state index contributed by atoms with van der Waals surface area (Å²) in [4.78, 5) is 26.5. The molecular weight excluding hydrogens is 371 g/mol. The monoisotopic (exact) mass is 406 g/mol. The average molecular weight is 406 g/mol. The summed E-state index contributed by atoms with van der Waals surface area (Å²) >= 11 is 0. The van der Waals surface area contributed by atoms with Crippen molar-refractivity contribution < 1.29 is 54.1 Å². The molecule has 1 amide bonds. The molecule has 0 aliphatic rings. The Bertz CT molecular complexity index is 470. The average Bonchev–Trinajstić information content (AvgIpc) is 2.61. The predicted octanol–water partition coefficient (Wildman–Crippen LogP) is 0.282. The molecule has 0 aromatic heterocycles. The number of aliphatic carboxylic acids is 1. The molecule has 0 saturated carbocycles. The summed E-state index contributed by atoms with van der Waals surface area (Å²) in [6.07, 6.45) is 9.17. The van der Waals surface area contributed by atoms with Crippen LogP contribution in [0.4, 0.5) is 4.79 Å². The second kappa shape index (κ2) is 19.3. The summed E-state index contributed by atoms with van der Waals surface area (Å²) in [7, 11) is 0. The number of carbonyl (C=O) groups is 2. The van der Waals surface area contributed by atoms with Crippen LogP contribution in [0.3, 0.4) is 0 Å². The van der Waals surface area contributed by atoms with Crippen molar-refractivity contribution in [3.8, 4) is 0 Å². The number of aliphatic imine (C=N–C) groups is 1. The summed E-state index contributed by atoms with van der Waals surface area (Å²) in [6.45, 7) is 8.06.